The average Bonchev–Trinajstić information content (AvgIpc) is 3.12. The number of nitrogens with zero attached hydrogens (tertiary/aromatic N) is 1. The van der Waals surface area contributed by atoms with Crippen LogP contribution in [0, 0.1) is 0 Å². The highest BCUT2D eigenvalue weighted by molar-refractivity contribution is 6.99. The molecular formula is C35H39NO3Si. The minimum Gasteiger partial charge on any atom is -0.489 e. The summed E-state index contributed by atoms with van der Waals surface area (Å²) in [5.74, 6) is 1.00. The Morgan fingerprint density at radius 3 is 1.98 bits per heavy atom. The third kappa shape index (κ3) is 6.06. The summed E-state index contributed by atoms with van der Waals surface area (Å²) in [6.45, 7) is 9.14. The maximum Gasteiger partial charge on any atom is 0.261 e. The highest BCUT2D eigenvalue weighted by Gasteiger charge is 2.50. The van der Waals surface area contributed by atoms with E-state index in [0.29, 0.717) is 32.7 Å². The van der Waals surface area contributed by atoms with Crippen LogP contribution in [-0.2, 0) is 28.7 Å². The summed E-state index contributed by atoms with van der Waals surface area (Å²) in [5.41, 5.74) is 3.42. The van der Waals surface area contributed by atoms with Gasteiger partial charge in [0.25, 0.3) is 8.32 Å². The Hall–Kier alpha value is -3.67. The van der Waals surface area contributed by atoms with E-state index in [9.17, 15) is 4.79 Å². The number of carbonyl (C=O) groups is 1. The highest BCUT2D eigenvalue weighted by Crippen LogP contribution is 2.36. The van der Waals surface area contributed by atoms with E-state index in [0.717, 1.165) is 23.3 Å². The predicted molar refractivity (Wildman–Crippen MR) is 165 cm³/mol. The minimum absolute atomic E-state index is 0.0924. The molecule has 0 fully saturated rings. The topological polar surface area (TPSA) is 38.8 Å². The lowest BCUT2D eigenvalue weighted by atomic mass is 10.0. The van der Waals surface area contributed by atoms with Gasteiger partial charge >= 0.3 is 0 Å². The number of amides is 1. The van der Waals surface area contributed by atoms with Crippen LogP contribution in [0.4, 0.5) is 0 Å². The Balaban J connectivity index is 1.29. The average molecular weight is 550 g/mol. The molecule has 40 heavy (non-hydrogen) atoms. The molecule has 0 aliphatic carbocycles. The van der Waals surface area contributed by atoms with Crippen molar-refractivity contribution in [1.29, 1.82) is 0 Å². The van der Waals surface area contributed by atoms with Crippen molar-refractivity contribution in [3.05, 3.63) is 126 Å². The van der Waals surface area contributed by atoms with Crippen molar-refractivity contribution in [2.24, 2.45) is 0 Å². The maximum absolute atomic E-state index is 13.3. The second-order valence-corrected chi connectivity index (χ2v) is 15.8. The molecule has 0 unspecified atom stereocenters. The van der Waals surface area contributed by atoms with Crippen molar-refractivity contribution in [3.63, 3.8) is 0 Å². The number of ether oxygens (including phenoxy) is 1. The molecule has 1 aliphatic rings. The van der Waals surface area contributed by atoms with Gasteiger partial charge in [0, 0.05) is 13.1 Å². The van der Waals surface area contributed by atoms with Crippen molar-refractivity contribution in [3.8, 4) is 5.75 Å². The Morgan fingerprint density at radius 1 is 0.775 bits per heavy atom. The van der Waals surface area contributed by atoms with E-state index in [-0.39, 0.29) is 10.9 Å². The molecule has 206 valence electrons. The second-order valence-electron chi connectivity index (χ2n) is 11.5. The molecule has 0 aromatic heterocycles. The van der Waals surface area contributed by atoms with E-state index in [2.05, 4.69) is 106 Å². The second kappa shape index (κ2) is 12.2. The first-order valence-corrected chi connectivity index (χ1v) is 16.1. The van der Waals surface area contributed by atoms with Gasteiger partial charge in [0.05, 0.1) is 13.0 Å². The zero-order valence-electron chi connectivity index (χ0n) is 23.8. The molecule has 5 rings (SSSR count). The lowest BCUT2D eigenvalue weighted by molar-refractivity contribution is -0.130. The van der Waals surface area contributed by atoms with E-state index < -0.39 is 8.32 Å². The van der Waals surface area contributed by atoms with Crippen LogP contribution in [0.5, 0.6) is 5.75 Å². The molecule has 0 bridgehead atoms. The number of benzene rings is 4. The Labute approximate surface area is 239 Å². The van der Waals surface area contributed by atoms with Crippen LogP contribution in [0.25, 0.3) is 0 Å². The van der Waals surface area contributed by atoms with Crippen molar-refractivity contribution >= 4 is 24.6 Å². The van der Waals surface area contributed by atoms with Crippen LogP contribution in [0.3, 0.4) is 0 Å². The van der Waals surface area contributed by atoms with E-state index >= 15 is 0 Å². The van der Waals surface area contributed by atoms with Gasteiger partial charge in [-0.3, -0.25) is 4.79 Å². The van der Waals surface area contributed by atoms with Gasteiger partial charge in [-0.05, 0) is 50.7 Å². The van der Waals surface area contributed by atoms with Gasteiger partial charge in [-0.15, -0.1) is 0 Å². The van der Waals surface area contributed by atoms with Crippen molar-refractivity contribution < 1.29 is 14.0 Å². The standard InChI is InChI=1S/C35H39NO3Si/c1-35(2,3)40(32-15-9-5-10-16-32,33-17-11-6-12-18-33)39-24-23-36-22-21-30-25-31(20-19-29(30)26-34(36)37)38-27-28-13-7-4-8-14-28/h4-20,25H,21-24,26-27H2,1-3H3. The van der Waals surface area contributed by atoms with Crippen LogP contribution in [-0.4, -0.2) is 38.8 Å². The summed E-state index contributed by atoms with van der Waals surface area (Å²) in [6.07, 6.45) is 1.22. The van der Waals surface area contributed by atoms with Gasteiger partial charge in [0.2, 0.25) is 5.91 Å². The van der Waals surface area contributed by atoms with Gasteiger partial charge in [0.1, 0.15) is 12.4 Å². The molecule has 1 amide bonds. The number of hydrogen-bond donors (Lipinski definition) is 0. The molecule has 0 N–H and O–H groups in total. The van der Waals surface area contributed by atoms with Crippen LogP contribution >= 0.6 is 0 Å². The number of hydrogen-bond acceptors (Lipinski definition) is 3. The molecule has 1 aliphatic heterocycles. The van der Waals surface area contributed by atoms with Crippen molar-refractivity contribution in [1.82, 2.24) is 4.90 Å². The van der Waals surface area contributed by atoms with Gasteiger partial charge in [0.15, 0.2) is 0 Å². The van der Waals surface area contributed by atoms with Gasteiger partial charge in [-0.25, -0.2) is 0 Å². The number of fused-ring (bicyclic) bond motifs is 1. The highest BCUT2D eigenvalue weighted by atomic mass is 28.4. The van der Waals surface area contributed by atoms with E-state index in [1.54, 1.807) is 0 Å². The largest absolute Gasteiger partial charge is 0.489 e. The van der Waals surface area contributed by atoms with Crippen molar-refractivity contribution in [2.45, 2.75) is 45.3 Å². The Morgan fingerprint density at radius 2 is 1.38 bits per heavy atom. The smallest absolute Gasteiger partial charge is 0.261 e. The number of carbonyl (C=O) groups excluding carboxylic acids is 1. The summed E-state index contributed by atoms with van der Waals surface area (Å²) in [7, 11) is -2.63. The van der Waals surface area contributed by atoms with Crippen LogP contribution in [0.1, 0.15) is 37.5 Å². The molecule has 4 nitrogen and oxygen atoms in total. The predicted octanol–water partition coefficient (Wildman–Crippen LogP) is 5.77. The molecule has 0 radical (unpaired) electrons. The van der Waals surface area contributed by atoms with Crippen LogP contribution in [0.15, 0.2) is 109 Å². The SMILES string of the molecule is CC(C)(C)[Si](OCCN1CCc2cc(OCc3ccccc3)ccc2CC1=O)(c1ccccc1)c1ccccc1. The fourth-order valence-corrected chi connectivity index (χ4v) is 10.4. The monoisotopic (exact) mass is 549 g/mol. The summed E-state index contributed by atoms with van der Waals surface area (Å²) in [4.78, 5) is 15.3. The Kier molecular flexibility index (Phi) is 8.53. The van der Waals surface area contributed by atoms with Gasteiger partial charge < -0.3 is 14.1 Å². The molecule has 0 saturated carbocycles. The summed E-state index contributed by atoms with van der Waals surface area (Å²) in [6, 6.07) is 37.6. The first-order valence-electron chi connectivity index (χ1n) is 14.2. The molecule has 1 heterocycles. The first kappa shape index (κ1) is 27.9. The quantitative estimate of drug-likeness (QED) is 0.249. The summed E-state index contributed by atoms with van der Waals surface area (Å²) in [5, 5.41) is 2.42. The third-order valence-electron chi connectivity index (χ3n) is 7.87. The minimum atomic E-state index is -2.63. The Bertz CT molecular complexity index is 1360. The van der Waals surface area contributed by atoms with E-state index in [4.69, 9.17) is 9.16 Å². The maximum atomic E-state index is 13.3. The fourth-order valence-electron chi connectivity index (χ4n) is 5.80. The van der Waals surface area contributed by atoms with E-state index in [1.165, 1.54) is 15.9 Å². The molecule has 0 saturated heterocycles. The lowest BCUT2D eigenvalue weighted by Gasteiger charge is -2.43. The van der Waals surface area contributed by atoms with Crippen LogP contribution in [0.2, 0.25) is 5.04 Å². The molecule has 5 heteroatoms. The lowest BCUT2D eigenvalue weighted by Crippen LogP contribution is -2.67. The van der Waals surface area contributed by atoms with E-state index in [1.807, 2.05) is 29.2 Å². The third-order valence-corrected chi connectivity index (χ3v) is 12.9. The molecule has 0 spiro atoms. The summed E-state index contributed by atoms with van der Waals surface area (Å²) < 4.78 is 13.1. The fraction of sp³-hybridized carbons (Fsp3) is 0.286. The van der Waals surface area contributed by atoms with Crippen molar-refractivity contribution in [2.75, 3.05) is 19.7 Å². The van der Waals surface area contributed by atoms with Crippen LogP contribution < -0.4 is 15.1 Å². The number of rotatable bonds is 9. The zero-order chi connectivity index (χ0) is 28.0. The first-order chi connectivity index (χ1) is 19.4. The molecular weight excluding hydrogens is 510 g/mol. The molecule has 4 aromatic rings. The van der Waals surface area contributed by atoms with Gasteiger partial charge in [-0.1, -0.05) is 118 Å². The normalized spacial score (nSPS) is 14.0. The summed E-state index contributed by atoms with van der Waals surface area (Å²) >= 11 is 0. The van der Waals surface area contributed by atoms with Gasteiger partial charge in [-0.2, -0.15) is 0 Å². The molecule has 0 atom stereocenters. The molecule has 4 aromatic carbocycles. The zero-order valence-corrected chi connectivity index (χ0v) is 24.8.